The van der Waals surface area contributed by atoms with Crippen LogP contribution in [0.25, 0.3) is 56.7 Å². The molecule has 4 unspecified atom stereocenters. The first-order valence-corrected chi connectivity index (χ1v) is 37.8. The quantitative estimate of drug-likeness (QED) is 0.114. The molecule has 6 aromatic carbocycles. The molecule has 2 aliphatic carbocycles. The van der Waals surface area contributed by atoms with Crippen molar-refractivity contribution >= 4 is 35.1 Å². The molecule has 0 bridgehead atoms. The fourth-order valence-corrected chi connectivity index (χ4v) is 41.7. The molecule has 0 aromatic heterocycles. The van der Waals surface area contributed by atoms with Crippen LogP contribution in [0.15, 0.2) is 145 Å². The number of allylic oxidation sites excluding steroid dienone is 2. The number of hydrogen-bond acceptors (Lipinski definition) is 0. The van der Waals surface area contributed by atoms with Gasteiger partial charge in [-0.15, -0.1) is 0 Å². The molecule has 0 heterocycles. The van der Waals surface area contributed by atoms with E-state index in [1.165, 1.54) is 89.0 Å². The van der Waals surface area contributed by atoms with Crippen molar-refractivity contribution in [2.24, 2.45) is 11.8 Å². The van der Waals surface area contributed by atoms with Crippen molar-refractivity contribution in [3.05, 3.63) is 178 Å². The van der Waals surface area contributed by atoms with Gasteiger partial charge < -0.3 is 0 Å². The van der Waals surface area contributed by atoms with Gasteiger partial charge in [-0.2, -0.15) is 0 Å². The first kappa shape index (κ1) is 41.2. The third-order valence-corrected chi connectivity index (χ3v) is 65.7. The molecule has 0 saturated carbocycles. The molecule has 4 atom stereocenters. The van der Waals surface area contributed by atoms with Crippen LogP contribution in [-0.2, 0) is 15.6 Å². The van der Waals surface area contributed by atoms with Crippen LogP contribution in [-0.4, -0.2) is 5.92 Å². The minimum absolute atomic E-state index is 0.0226. The first-order chi connectivity index (χ1) is 27.9. The summed E-state index contributed by atoms with van der Waals surface area (Å²) in [7, 11) is 18.1. The Morgan fingerprint density at radius 2 is 0.845 bits per heavy atom. The molecule has 0 radical (unpaired) electrons. The summed E-state index contributed by atoms with van der Waals surface area (Å²) in [5.41, 5.74) is 21.0. The fourth-order valence-electron chi connectivity index (χ4n) is 10.4. The van der Waals surface area contributed by atoms with Crippen LogP contribution in [0, 0.1) is 25.7 Å². The van der Waals surface area contributed by atoms with Crippen molar-refractivity contribution in [2.45, 2.75) is 74.7 Å². The molecule has 4 heteroatoms. The zero-order chi connectivity index (χ0) is 41.0. The standard InChI is InChI=1S/2C26H25.C2H7Si.2ClH.Zr/c2*1-4-18(2)22-16-21-15-14-19(3)26(25(21)17-22)24-13-9-8-12-23(24)20-10-6-5-7-11-20;1-3-2;;;/h2*5-18H,4H2,1-3H3;3H,1-2H3;2*1H;/q;;;;;+2/p-2. The van der Waals surface area contributed by atoms with Crippen LogP contribution in [0.5, 0.6) is 0 Å². The van der Waals surface area contributed by atoms with E-state index in [-0.39, 0.29) is 7.25 Å². The molecule has 2 aliphatic rings. The summed E-state index contributed by atoms with van der Waals surface area (Å²) in [5, 5.41) is 0. The second kappa shape index (κ2) is 16.2. The molecule has 0 saturated heterocycles. The number of aryl methyl sites for hydroxylation is 2. The predicted molar refractivity (Wildman–Crippen MR) is 255 cm³/mol. The zero-order valence-electron chi connectivity index (χ0n) is 35.4. The molecule has 0 N–H and O–H groups in total. The van der Waals surface area contributed by atoms with Crippen LogP contribution in [0.2, 0.25) is 13.1 Å². The second-order valence-electron chi connectivity index (χ2n) is 17.5. The average Bonchev–Trinajstić information content (AvgIpc) is 3.85. The fraction of sp³-hybridized carbons (Fsp3) is 0.259. The van der Waals surface area contributed by atoms with Crippen molar-refractivity contribution in [3.63, 3.8) is 0 Å². The summed E-state index contributed by atoms with van der Waals surface area (Å²) in [5.74, 6) is -1.10. The van der Waals surface area contributed by atoms with Gasteiger partial charge >= 0.3 is 360 Å². The SMILES string of the molecule is CCC(C)C1=Cc2c(ccc(C)c2-c2ccccc2-c2ccccc2)[CH]1[Zr]([Cl])([Cl])([CH]1C(C(C)CC)=Cc2c1ccc(C)c2-c1ccccc1-c1ccccc1)[SiH](C)C. The summed E-state index contributed by atoms with van der Waals surface area (Å²) in [4.78, 5) is 0. The zero-order valence-corrected chi connectivity index (χ0v) is 40.5. The molecule has 0 aliphatic heterocycles. The molecule has 295 valence electrons. The maximum absolute atomic E-state index is 9.07. The van der Waals surface area contributed by atoms with Gasteiger partial charge in [0.2, 0.25) is 0 Å². The van der Waals surface area contributed by atoms with Crippen LogP contribution < -0.4 is 0 Å². The van der Waals surface area contributed by atoms with Crippen molar-refractivity contribution < 1.29 is 15.6 Å². The van der Waals surface area contributed by atoms with Crippen molar-refractivity contribution in [3.8, 4) is 44.5 Å². The average molecular weight is 896 g/mol. The summed E-state index contributed by atoms with van der Waals surface area (Å²) < 4.78 is 0.0452. The molecule has 6 aromatic rings. The first-order valence-electron chi connectivity index (χ1n) is 21.5. The number of fused-ring (bicyclic) bond motifs is 2. The van der Waals surface area contributed by atoms with E-state index in [4.69, 9.17) is 17.0 Å². The topological polar surface area (TPSA) is 0 Å². The Labute approximate surface area is 356 Å². The Morgan fingerprint density at radius 3 is 1.19 bits per heavy atom. The number of hydrogen-bond donors (Lipinski definition) is 0. The van der Waals surface area contributed by atoms with E-state index >= 15 is 0 Å². The third-order valence-electron chi connectivity index (χ3n) is 14.0. The summed E-state index contributed by atoms with van der Waals surface area (Å²) in [6.45, 7) is 19.0. The molecular weight excluding hydrogens is 839 g/mol. The molecule has 8 rings (SSSR count). The van der Waals surface area contributed by atoms with Crippen LogP contribution >= 0.6 is 17.0 Å². The summed E-state index contributed by atoms with van der Waals surface area (Å²) in [6, 6.07) is 49.1. The molecular formula is C54H57Cl2SiZr. The summed E-state index contributed by atoms with van der Waals surface area (Å²) in [6.07, 6.45) is 7.20. The Bertz CT molecular complexity index is 2390. The van der Waals surface area contributed by atoms with Gasteiger partial charge in [0.25, 0.3) is 0 Å². The van der Waals surface area contributed by atoms with E-state index in [2.05, 4.69) is 200 Å². The normalized spacial score (nSPS) is 17.9. The van der Waals surface area contributed by atoms with Crippen molar-refractivity contribution in [1.29, 1.82) is 0 Å². The maximum atomic E-state index is 9.07. The number of benzene rings is 6. The molecule has 0 fully saturated rings. The number of halogens is 2. The van der Waals surface area contributed by atoms with Gasteiger partial charge in [0.15, 0.2) is 0 Å². The van der Waals surface area contributed by atoms with Crippen LogP contribution in [0.1, 0.15) is 81.2 Å². The van der Waals surface area contributed by atoms with Crippen LogP contribution in [0.4, 0.5) is 0 Å². The number of rotatable bonds is 11. The Hall–Kier alpha value is -3.52. The Kier molecular flexibility index (Phi) is 11.5. The third kappa shape index (κ3) is 6.66. The van der Waals surface area contributed by atoms with Gasteiger partial charge in [-0.05, 0) is 0 Å². The Balaban J connectivity index is 1.40. The predicted octanol–water partition coefficient (Wildman–Crippen LogP) is 16.6. The molecule has 0 spiro atoms. The van der Waals surface area contributed by atoms with E-state index < -0.39 is 21.5 Å². The molecule has 0 nitrogen and oxygen atoms in total. The van der Waals surface area contributed by atoms with Crippen molar-refractivity contribution in [1.82, 2.24) is 0 Å². The summed E-state index contributed by atoms with van der Waals surface area (Å²) >= 11 is -5.12. The Morgan fingerprint density at radius 1 is 0.500 bits per heavy atom. The van der Waals surface area contributed by atoms with Gasteiger partial charge in [0, 0.05) is 0 Å². The minimum atomic E-state index is -5.12. The van der Waals surface area contributed by atoms with Gasteiger partial charge in [-0.25, -0.2) is 0 Å². The second-order valence-corrected chi connectivity index (χ2v) is 60.0. The monoisotopic (exact) mass is 893 g/mol. The van der Waals surface area contributed by atoms with E-state index in [9.17, 15) is 0 Å². The van der Waals surface area contributed by atoms with Crippen LogP contribution in [0.3, 0.4) is 0 Å². The van der Waals surface area contributed by atoms with E-state index in [0.29, 0.717) is 11.8 Å². The van der Waals surface area contributed by atoms with E-state index in [1.54, 1.807) is 0 Å². The van der Waals surface area contributed by atoms with E-state index in [1.807, 2.05) is 0 Å². The molecule has 58 heavy (non-hydrogen) atoms. The molecule has 0 amide bonds. The van der Waals surface area contributed by atoms with Gasteiger partial charge in [-0.1, -0.05) is 0 Å². The van der Waals surface area contributed by atoms with Gasteiger partial charge in [0.05, 0.1) is 0 Å². The van der Waals surface area contributed by atoms with E-state index in [0.717, 1.165) is 12.8 Å². The van der Waals surface area contributed by atoms with Gasteiger partial charge in [0.1, 0.15) is 0 Å². The van der Waals surface area contributed by atoms with Crippen molar-refractivity contribution in [2.75, 3.05) is 0 Å². The van der Waals surface area contributed by atoms with Gasteiger partial charge in [-0.3, -0.25) is 0 Å².